The third-order valence-electron chi connectivity index (χ3n) is 2.44. The zero-order chi connectivity index (χ0) is 11.5. The van der Waals surface area contributed by atoms with E-state index in [0.29, 0.717) is 11.3 Å². The van der Waals surface area contributed by atoms with Crippen molar-refractivity contribution >= 4 is 16.7 Å². The van der Waals surface area contributed by atoms with Gasteiger partial charge in [-0.25, -0.2) is 0 Å². The molecule has 1 aromatic carbocycles. The van der Waals surface area contributed by atoms with Crippen LogP contribution in [0.25, 0.3) is 10.8 Å². The minimum Gasteiger partial charge on any atom is -0.496 e. The molecule has 0 unspecified atom stereocenters. The summed E-state index contributed by atoms with van der Waals surface area (Å²) in [6, 6.07) is 5.52. The Labute approximate surface area is 92.5 Å². The second-order valence-electron chi connectivity index (χ2n) is 3.41. The van der Waals surface area contributed by atoms with E-state index < -0.39 is 5.97 Å². The number of carbonyl (C=O) groups is 1. The normalized spacial score (nSPS) is 10.3. The Morgan fingerprint density at radius 2 is 2.25 bits per heavy atom. The van der Waals surface area contributed by atoms with Crippen molar-refractivity contribution in [1.82, 2.24) is 4.98 Å². The van der Waals surface area contributed by atoms with Gasteiger partial charge in [-0.15, -0.1) is 0 Å². The van der Waals surface area contributed by atoms with Crippen molar-refractivity contribution in [3.63, 3.8) is 0 Å². The van der Waals surface area contributed by atoms with Gasteiger partial charge in [0.2, 0.25) is 0 Å². The van der Waals surface area contributed by atoms with Crippen LogP contribution >= 0.6 is 0 Å². The Balaban J connectivity index is 2.67. The molecular weight excluding hydrogens is 206 g/mol. The van der Waals surface area contributed by atoms with Crippen LogP contribution in [0.3, 0.4) is 0 Å². The highest BCUT2D eigenvalue weighted by Gasteiger charge is 2.11. The highest BCUT2D eigenvalue weighted by molar-refractivity contribution is 5.90. The Hall–Kier alpha value is -2.10. The number of benzene rings is 1. The van der Waals surface area contributed by atoms with Crippen LogP contribution < -0.4 is 4.74 Å². The lowest BCUT2D eigenvalue weighted by Gasteiger charge is -2.09. The molecule has 2 aromatic rings. The van der Waals surface area contributed by atoms with E-state index in [1.165, 1.54) is 7.11 Å². The predicted octanol–water partition coefficient (Wildman–Crippen LogP) is 1.87. The number of carboxylic acid groups (broad SMARTS) is 1. The fourth-order valence-electron chi connectivity index (χ4n) is 1.73. The van der Waals surface area contributed by atoms with Crippen LogP contribution in [0.5, 0.6) is 5.75 Å². The molecule has 0 amide bonds. The number of aromatic nitrogens is 1. The molecule has 0 radical (unpaired) electrons. The molecular formula is C12H11NO3. The first-order chi connectivity index (χ1) is 7.72. The summed E-state index contributed by atoms with van der Waals surface area (Å²) in [5.74, 6) is -0.294. The van der Waals surface area contributed by atoms with Crippen LogP contribution in [-0.4, -0.2) is 23.2 Å². The number of hydrogen-bond acceptors (Lipinski definition) is 3. The topological polar surface area (TPSA) is 59.4 Å². The van der Waals surface area contributed by atoms with Gasteiger partial charge in [0.25, 0.3) is 0 Å². The van der Waals surface area contributed by atoms with Gasteiger partial charge in [-0.05, 0) is 17.5 Å². The van der Waals surface area contributed by atoms with Crippen LogP contribution in [0.15, 0.2) is 30.6 Å². The van der Waals surface area contributed by atoms with Gasteiger partial charge in [0.15, 0.2) is 0 Å². The predicted molar refractivity (Wildman–Crippen MR) is 59.6 cm³/mol. The van der Waals surface area contributed by atoms with E-state index in [1.807, 2.05) is 12.1 Å². The number of carboxylic acids is 1. The van der Waals surface area contributed by atoms with Crippen molar-refractivity contribution in [3.8, 4) is 5.75 Å². The molecule has 1 aromatic heterocycles. The molecule has 1 N–H and O–H groups in total. The largest absolute Gasteiger partial charge is 0.496 e. The Morgan fingerprint density at radius 1 is 1.44 bits per heavy atom. The molecule has 4 nitrogen and oxygen atoms in total. The van der Waals surface area contributed by atoms with Crippen LogP contribution in [0.2, 0.25) is 0 Å². The van der Waals surface area contributed by atoms with Gasteiger partial charge in [-0.2, -0.15) is 0 Å². The first-order valence-electron chi connectivity index (χ1n) is 4.83. The average Bonchev–Trinajstić information content (AvgIpc) is 2.29. The molecule has 0 atom stereocenters. The van der Waals surface area contributed by atoms with E-state index in [9.17, 15) is 4.79 Å². The Morgan fingerprint density at radius 3 is 2.94 bits per heavy atom. The monoisotopic (exact) mass is 217 g/mol. The first kappa shape index (κ1) is 10.4. The number of methoxy groups -OCH3 is 1. The van der Waals surface area contributed by atoms with Gasteiger partial charge in [0, 0.05) is 23.3 Å². The number of hydrogen-bond donors (Lipinski definition) is 1. The fourth-order valence-corrected chi connectivity index (χ4v) is 1.73. The van der Waals surface area contributed by atoms with E-state index in [-0.39, 0.29) is 6.42 Å². The van der Waals surface area contributed by atoms with Crippen molar-refractivity contribution in [1.29, 1.82) is 0 Å². The molecule has 16 heavy (non-hydrogen) atoms. The fraction of sp³-hybridized carbons (Fsp3) is 0.167. The minimum atomic E-state index is -0.880. The zero-order valence-electron chi connectivity index (χ0n) is 8.80. The summed E-state index contributed by atoms with van der Waals surface area (Å²) >= 11 is 0. The van der Waals surface area contributed by atoms with E-state index in [0.717, 1.165) is 10.8 Å². The SMILES string of the molecule is COc1ccc2ccncc2c1CC(=O)O. The van der Waals surface area contributed by atoms with Crippen molar-refractivity contribution in [2.24, 2.45) is 0 Å². The minimum absolute atomic E-state index is 0.0633. The van der Waals surface area contributed by atoms with Gasteiger partial charge < -0.3 is 9.84 Å². The number of ether oxygens (including phenoxy) is 1. The van der Waals surface area contributed by atoms with Crippen LogP contribution in [0.1, 0.15) is 5.56 Å². The van der Waals surface area contributed by atoms with Gasteiger partial charge in [-0.3, -0.25) is 9.78 Å². The molecule has 0 spiro atoms. The van der Waals surface area contributed by atoms with Gasteiger partial charge in [-0.1, -0.05) is 6.07 Å². The van der Waals surface area contributed by atoms with Gasteiger partial charge in [0.05, 0.1) is 13.5 Å². The quantitative estimate of drug-likeness (QED) is 0.852. The maximum atomic E-state index is 10.8. The molecule has 2 rings (SSSR count). The lowest BCUT2D eigenvalue weighted by molar-refractivity contribution is -0.136. The summed E-state index contributed by atoms with van der Waals surface area (Å²) in [5.41, 5.74) is 0.667. The molecule has 0 saturated heterocycles. The van der Waals surface area contributed by atoms with E-state index in [2.05, 4.69) is 4.98 Å². The van der Waals surface area contributed by atoms with Gasteiger partial charge >= 0.3 is 5.97 Å². The highest BCUT2D eigenvalue weighted by atomic mass is 16.5. The van der Waals surface area contributed by atoms with Crippen LogP contribution in [-0.2, 0) is 11.2 Å². The summed E-state index contributed by atoms with van der Waals surface area (Å²) in [6.07, 6.45) is 3.28. The van der Waals surface area contributed by atoms with Gasteiger partial charge in [0.1, 0.15) is 5.75 Å². The van der Waals surface area contributed by atoms with Crippen LogP contribution in [0.4, 0.5) is 0 Å². The lowest BCUT2D eigenvalue weighted by atomic mass is 10.0. The molecule has 0 aliphatic rings. The smallest absolute Gasteiger partial charge is 0.307 e. The van der Waals surface area contributed by atoms with Crippen molar-refractivity contribution < 1.29 is 14.6 Å². The second-order valence-corrected chi connectivity index (χ2v) is 3.41. The van der Waals surface area contributed by atoms with E-state index in [1.54, 1.807) is 18.5 Å². The number of fused-ring (bicyclic) bond motifs is 1. The summed E-state index contributed by atoms with van der Waals surface area (Å²) in [7, 11) is 1.53. The lowest BCUT2D eigenvalue weighted by Crippen LogP contribution is -2.03. The summed E-state index contributed by atoms with van der Waals surface area (Å²) in [5, 5.41) is 10.7. The molecule has 0 saturated carbocycles. The summed E-state index contributed by atoms with van der Waals surface area (Å²) in [4.78, 5) is 14.8. The maximum absolute atomic E-state index is 10.8. The van der Waals surface area contributed by atoms with Crippen molar-refractivity contribution in [2.45, 2.75) is 6.42 Å². The molecule has 82 valence electrons. The third-order valence-corrected chi connectivity index (χ3v) is 2.44. The molecule has 4 heteroatoms. The molecule has 0 aliphatic carbocycles. The number of rotatable bonds is 3. The third kappa shape index (κ3) is 1.82. The standard InChI is InChI=1S/C12H11NO3/c1-16-11-3-2-8-4-5-13-7-10(8)9(11)6-12(14)15/h2-5,7H,6H2,1H3,(H,14,15). The van der Waals surface area contributed by atoms with Crippen molar-refractivity contribution in [3.05, 3.63) is 36.2 Å². The maximum Gasteiger partial charge on any atom is 0.307 e. The highest BCUT2D eigenvalue weighted by Crippen LogP contribution is 2.27. The molecule has 0 aliphatic heterocycles. The Bertz CT molecular complexity index is 537. The summed E-state index contributed by atoms with van der Waals surface area (Å²) in [6.45, 7) is 0. The molecule has 1 heterocycles. The number of aliphatic carboxylic acids is 1. The number of pyridine rings is 1. The second kappa shape index (κ2) is 4.18. The van der Waals surface area contributed by atoms with Crippen LogP contribution in [0, 0.1) is 0 Å². The Kier molecular flexibility index (Phi) is 2.72. The zero-order valence-corrected chi connectivity index (χ0v) is 8.80. The van der Waals surface area contributed by atoms with E-state index in [4.69, 9.17) is 9.84 Å². The van der Waals surface area contributed by atoms with Crippen molar-refractivity contribution in [2.75, 3.05) is 7.11 Å². The van der Waals surface area contributed by atoms with E-state index >= 15 is 0 Å². The average molecular weight is 217 g/mol. The number of nitrogens with zero attached hydrogens (tertiary/aromatic N) is 1. The first-order valence-corrected chi connectivity index (χ1v) is 4.83. The molecule has 0 fully saturated rings. The molecule has 0 bridgehead atoms. The summed E-state index contributed by atoms with van der Waals surface area (Å²) < 4.78 is 5.16.